The number of halogens is 1. The highest BCUT2D eigenvalue weighted by atomic mass is 32.2. The molecule has 0 bridgehead atoms. The van der Waals surface area contributed by atoms with Crippen LogP contribution in [0.15, 0.2) is 59.6 Å². The summed E-state index contributed by atoms with van der Waals surface area (Å²) in [5, 5.41) is 1.27. The number of rotatable bonds is 3. The quantitative estimate of drug-likeness (QED) is 0.853. The first kappa shape index (κ1) is 14.3. The van der Waals surface area contributed by atoms with Gasteiger partial charge in [0.1, 0.15) is 16.9 Å². The van der Waals surface area contributed by atoms with Gasteiger partial charge in [-0.05, 0) is 31.8 Å². The Morgan fingerprint density at radius 2 is 1.67 bits per heavy atom. The molecule has 1 aliphatic heterocycles. The summed E-state index contributed by atoms with van der Waals surface area (Å²) in [6, 6.07) is 16.9. The topological polar surface area (TPSA) is 15.6 Å². The van der Waals surface area contributed by atoms with Gasteiger partial charge in [-0.1, -0.05) is 54.2 Å². The van der Waals surface area contributed by atoms with E-state index in [2.05, 4.69) is 31.1 Å². The Kier molecular flexibility index (Phi) is 4.08. The molecular formula is C17H17FN2S. The van der Waals surface area contributed by atoms with E-state index in [1.54, 1.807) is 11.8 Å². The van der Waals surface area contributed by atoms with Gasteiger partial charge in [0.25, 0.3) is 0 Å². The monoisotopic (exact) mass is 300 g/mol. The smallest absolute Gasteiger partial charge is 0.123 e. The van der Waals surface area contributed by atoms with Crippen molar-refractivity contribution in [2.45, 2.75) is 11.4 Å². The van der Waals surface area contributed by atoms with Crippen molar-refractivity contribution in [2.75, 3.05) is 14.1 Å². The Labute approximate surface area is 128 Å². The van der Waals surface area contributed by atoms with E-state index in [-0.39, 0.29) is 17.2 Å². The van der Waals surface area contributed by atoms with Crippen LogP contribution in [0.5, 0.6) is 0 Å². The molecule has 1 heterocycles. The minimum atomic E-state index is -0.210. The molecule has 0 saturated carbocycles. The van der Waals surface area contributed by atoms with Crippen molar-refractivity contribution in [1.29, 1.82) is 0 Å². The van der Waals surface area contributed by atoms with E-state index < -0.39 is 0 Å². The van der Waals surface area contributed by atoms with Gasteiger partial charge in [-0.25, -0.2) is 4.39 Å². The zero-order valence-electron chi connectivity index (χ0n) is 12.0. The van der Waals surface area contributed by atoms with E-state index in [9.17, 15) is 4.39 Å². The van der Waals surface area contributed by atoms with Gasteiger partial charge in [0.2, 0.25) is 0 Å². The lowest BCUT2D eigenvalue weighted by Gasteiger charge is -2.24. The third-order valence-corrected chi connectivity index (χ3v) is 4.99. The molecule has 2 aromatic carbocycles. The fourth-order valence-corrected chi connectivity index (χ4v) is 3.64. The van der Waals surface area contributed by atoms with Crippen LogP contribution in [-0.2, 0) is 0 Å². The average Bonchev–Trinajstić information content (AvgIpc) is 2.94. The second kappa shape index (κ2) is 6.00. The Balaban J connectivity index is 1.95. The molecule has 2 atom stereocenters. The highest BCUT2D eigenvalue weighted by Gasteiger charge is 2.33. The highest BCUT2D eigenvalue weighted by molar-refractivity contribution is 8.15. The molecule has 0 unspecified atom stereocenters. The van der Waals surface area contributed by atoms with Crippen LogP contribution in [0.25, 0.3) is 0 Å². The van der Waals surface area contributed by atoms with Gasteiger partial charge in [-0.2, -0.15) is 0 Å². The Hall–Kier alpha value is -1.65. The van der Waals surface area contributed by atoms with Crippen LogP contribution in [0, 0.1) is 5.82 Å². The lowest BCUT2D eigenvalue weighted by atomic mass is 10.1. The minimum absolute atomic E-state index is 0.0285. The molecule has 108 valence electrons. The van der Waals surface area contributed by atoms with Crippen LogP contribution in [0.2, 0.25) is 0 Å². The molecule has 0 radical (unpaired) electrons. The van der Waals surface area contributed by atoms with Gasteiger partial charge >= 0.3 is 0 Å². The summed E-state index contributed by atoms with van der Waals surface area (Å²) in [6.45, 7) is 0. The summed E-state index contributed by atoms with van der Waals surface area (Å²) in [6.07, 6.45) is 0. The lowest BCUT2D eigenvalue weighted by Crippen LogP contribution is -2.28. The van der Waals surface area contributed by atoms with Crippen LogP contribution in [-0.4, -0.2) is 29.4 Å². The SMILES string of the molecule is CN(C)[C@H]1SC(c2ccccc2)=N[C@@H]1c1ccc(F)cc1. The van der Waals surface area contributed by atoms with E-state index in [0.717, 1.165) is 16.2 Å². The van der Waals surface area contributed by atoms with Crippen LogP contribution in [0.1, 0.15) is 17.2 Å². The second-order valence-electron chi connectivity index (χ2n) is 5.27. The number of likely N-dealkylation sites (N-methyl/N-ethyl adjacent to an activating group) is 1. The van der Waals surface area contributed by atoms with Crippen LogP contribution < -0.4 is 0 Å². The standard InChI is InChI=1S/C17H17FN2S/c1-20(2)17-15(12-8-10-14(18)11-9-12)19-16(21-17)13-6-4-3-5-7-13/h3-11,15,17H,1-2H3/t15-,17+/m1/s1. The van der Waals surface area contributed by atoms with Crippen molar-refractivity contribution in [3.05, 3.63) is 71.5 Å². The molecular weight excluding hydrogens is 283 g/mol. The van der Waals surface area contributed by atoms with Gasteiger partial charge in [0.15, 0.2) is 0 Å². The predicted octanol–water partition coefficient (Wildman–Crippen LogP) is 3.95. The van der Waals surface area contributed by atoms with Crippen molar-refractivity contribution in [2.24, 2.45) is 4.99 Å². The second-order valence-corrected chi connectivity index (χ2v) is 6.37. The maximum atomic E-state index is 13.1. The lowest BCUT2D eigenvalue weighted by molar-refractivity contribution is 0.349. The Morgan fingerprint density at radius 3 is 2.29 bits per heavy atom. The molecule has 0 amide bonds. The first-order valence-corrected chi connectivity index (χ1v) is 7.75. The van der Waals surface area contributed by atoms with E-state index in [0.29, 0.717) is 0 Å². The fourth-order valence-electron chi connectivity index (χ4n) is 2.41. The summed E-state index contributed by atoms with van der Waals surface area (Å²) in [5.41, 5.74) is 2.19. The zero-order valence-corrected chi connectivity index (χ0v) is 12.8. The number of hydrogen-bond donors (Lipinski definition) is 0. The van der Waals surface area contributed by atoms with Crippen LogP contribution in [0.4, 0.5) is 4.39 Å². The van der Waals surface area contributed by atoms with Gasteiger partial charge in [0, 0.05) is 5.56 Å². The van der Waals surface area contributed by atoms with Crippen molar-refractivity contribution in [3.8, 4) is 0 Å². The third-order valence-electron chi connectivity index (χ3n) is 3.50. The van der Waals surface area contributed by atoms with Crippen molar-refractivity contribution in [1.82, 2.24) is 4.90 Å². The van der Waals surface area contributed by atoms with Gasteiger partial charge in [0.05, 0.1) is 5.37 Å². The van der Waals surface area contributed by atoms with E-state index >= 15 is 0 Å². The molecule has 1 aliphatic rings. The number of nitrogens with zero attached hydrogens (tertiary/aromatic N) is 2. The van der Waals surface area contributed by atoms with Crippen LogP contribution in [0.3, 0.4) is 0 Å². The minimum Gasteiger partial charge on any atom is -0.295 e. The first-order valence-electron chi connectivity index (χ1n) is 6.87. The third kappa shape index (κ3) is 3.01. The van der Waals surface area contributed by atoms with Crippen molar-refractivity contribution < 1.29 is 4.39 Å². The molecule has 0 spiro atoms. The molecule has 0 N–H and O–H groups in total. The van der Waals surface area contributed by atoms with Gasteiger partial charge in [-0.3, -0.25) is 9.89 Å². The Bertz CT molecular complexity index is 638. The maximum Gasteiger partial charge on any atom is 0.123 e. The van der Waals surface area contributed by atoms with Crippen molar-refractivity contribution >= 4 is 16.8 Å². The molecule has 0 aromatic heterocycles. The van der Waals surface area contributed by atoms with Crippen molar-refractivity contribution in [3.63, 3.8) is 0 Å². The number of benzene rings is 2. The maximum absolute atomic E-state index is 13.1. The normalized spacial score (nSPS) is 21.6. The van der Waals surface area contributed by atoms with Gasteiger partial charge < -0.3 is 0 Å². The predicted molar refractivity (Wildman–Crippen MR) is 87.2 cm³/mol. The number of aliphatic imine (C=N–C) groups is 1. The van der Waals surface area contributed by atoms with E-state index in [1.807, 2.05) is 30.3 Å². The molecule has 2 aromatic rings. The molecule has 0 saturated heterocycles. The molecule has 3 rings (SSSR count). The number of hydrogen-bond acceptors (Lipinski definition) is 3. The summed E-state index contributed by atoms with van der Waals surface area (Å²) in [4.78, 5) is 7.04. The molecule has 4 heteroatoms. The highest BCUT2D eigenvalue weighted by Crippen LogP contribution is 2.40. The average molecular weight is 300 g/mol. The fraction of sp³-hybridized carbons (Fsp3) is 0.235. The zero-order chi connectivity index (χ0) is 14.8. The summed E-state index contributed by atoms with van der Waals surface area (Å²) >= 11 is 1.76. The Morgan fingerprint density at radius 1 is 1.00 bits per heavy atom. The summed E-state index contributed by atoms with van der Waals surface area (Å²) < 4.78 is 13.1. The largest absolute Gasteiger partial charge is 0.295 e. The molecule has 0 fully saturated rings. The molecule has 2 nitrogen and oxygen atoms in total. The molecule has 0 aliphatic carbocycles. The van der Waals surface area contributed by atoms with Crippen LogP contribution >= 0.6 is 11.8 Å². The van der Waals surface area contributed by atoms with E-state index in [4.69, 9.17) is 4.99 Å². The first-order chi connectivity index (χ1) is 10.1. The summed E-state index contributed by atoms with van der Waals surface area (Å²) in [5.74, 6) is -0.210. The summed E-state index contributed by atoms with van der Waals surface area (Å²) in [7, 11) is 4.11. The van der Waals surface area contributed by atoms with E-state index in [1.165, 1.54) is 12.1 Å². The number of thioether (sulfide) groups is 1. The molecule has 21 heavy (non-hydrogen) atoms. The van der Waals surface area contributed by atoms with Gasteiger partial charge in [-0.15, -0.1) is 0 Å².